The van der Waals surface area contributed by atoms with Gasteiger partial charge >= 0.3 is 0 Å². The lowest BCUT2D eigenvalue weighted by molar-refractivity contribution is -0.110. The molecule has 0 radical (unpaired) electrons. The third-order valence-electron chi connectivity index (χ3n) is 6.42. The Balaban J connectivity index is 1.71. The molecule has 0 spiro atoms. The second-order valence-electron chi connectivity index (χ2n) is 8.42. The van der Waals surface area contributed by atoms with Gasteiger partial charge in [-0.2, -0.15) is 0 Å². The van der Waals surface area contributed by atoms with Crippen molar-refractivity contribution in [1.82, 2.24) is 4.90 Å². The van der Waals surface area contributed by atoms with Gasteiger partial charge in [0, 0.05) is 23.9 Å². The van der Waals surface area contributed by atoms with Crippen molar-refractivity contribution in [3.8, 4) is 11.5 Å². The molecular formula is C29H33N3O3. The Hall–Kier alpha value is -3.77. The van der Waals surface area contributed by atoms with Crippen LogP contribution < -0.4 is 20.1 Å². The maximum atomic E-state index is 13.2. The van der Waals surface area contributed by atoms with Gasteiger partial charge in [-0.25, -0.2) is 0 Å². The van der Waals surface area contributed by atoms with Crippen LogP contribution in [0.1, 0.15) is 30.5 Å². The minimum atomic E-state index is -0.169. The van der Waals surface area contributed by atoms with Gasteiger partial charge < -0.3 is 25.0 Å². The molecule has 0 saturated heterocycles. The van der Waals surface area contributed by atoms with E-state index in [4.69, 9.17) is 9.47 Å². The number of carbonyl (C=O) groups is 1. The van der Waals surface area contributed by atoms with Crippen LogP contribution in [0.4, 0.5) is 11.4 Å². The molecule has 3 aromatic rings. The number of hydrogen-bond acceptors (Lipinski definition) is 5. The van der Waals surface area contributed by atoms with E-state index in [1.165, 1.54) is 5.56 Å². The molecule has 0 aliphatic carbocycles. The first-order valence-electron chi connectivity index (χ1n) is 12.0. The Morgan fingerprint density at radius 3 is 2.20 bits per heavy atom. The maximum Gasteiger partial charge on any atom is 0.258 e. The summed E-state index contributed by atoms with van der Waals surface area (Å²) in [6, 6.07) is 22.0. The number of nitrogens with zero attached hydrogens (tertiary/aromatic N) is 1. The average Bonchev–Trinajstić information content (AvgIpc) is 3.22. The third kappa shape index (κ3) is 5.33. The largest absolute Gasteiger partial charge is 0.493 e. The SMILES string of the molecule is CCN(CC)CCc1ccc(N/C(=C2\C(=O)Nc3cc(OC)c(OC)cc32)c2ccccc2)cc1. The molecule has 0 unspecified atom stereocenters. The second-order valence-corrected chi connectivity index (χ2v) is 8.42. The van der Waals surface area contributed by atoms with E-state index in [1.807, 2.05) is 36.4 Å². The molecule has 35 heavy (non-hydrogen) atoms. The number of methoxy groups -OCH3 is 2. The second kappa shape index (κ2) is 11.1. The van der Waals surface area contributed by atoms with Crippen molar-refractivity contribution in [2.24, 2.45) is 0 Å². The van der Waals surface area contributed by atoms with Crippen molar-refractivity contribution in [2.45, 2.75) is 20.3 Å². The van der Waals surface area contributed by atoms with Crippen LogP contribution in [0.2, 0.25) is 0 Å². The predicted molar refractivity (Wildman–Crippen MR) is 143 cm³/mol. The van der Waals surface area contributed by atoms with E-state index in [0.717, 1.165) is 48.6 Å². The Morgan fingerprint density at radius 2 is 1.57 bits per heavy atom. The molecular weight excluding hydrogens is 438 g/mol. The highest BCUT2D eigenvalue weighted by atomic mass is 16.5. The molecule has 1 aliphatic rings. The van der Waals surface area contributed by atoms with Crippen LogP contribution in [0, 0.1) is 0 Å². The monoisotopic (exact) mass is 471 g/mol. The topological polar surface area (TPSA) is 62.8 Å². The number of nitrogens with one attached hydrogen (secondary N) is 2. The number of carbonyl (C=O) groups excluding carboxylic acids is 1. The van der Waals surface area contributed by atoms with E-state index >= 15 is 0 Å². The fraction of sp³-hybridized carbons (Fsp3) is 0.276. The van der Waals surface area contributed by atoms with Gasteiger partial charge in [-0.1, -0.05) is 56.3 Å². The van der Waals surface area contributed by atoms with Crippen LogP contribution in [-0.2, 0) is 11.2 Å². The molecule has 182 valence electrons. The lowest BCUT2D eigenvalue weighted by atomic mass is 9.99. The van der Waals surface area contributed by atoms with E-state index in [0.29, 0.717) is 22.8 Å². The summed E-state index contributed by atoms with van der Waals surface area (Å²) in [6.45, 7) is 7.55. The fourth-order valence-electron chi connectivity index (χ4n) is 4.35. The summed E-state index contributed by atoms with van der Waals surface area (Å²) in [5.41, 5.74) is 5.91. The molecule has 6 nitrogen and oxygen atoms in total. The highest BCUT2D eigenvalue weighted by Gasteiger charge is 2.30. The number of benzene rings is 3. The van der Waals surface area contributed by atoms with E-state index < -0.39 is 0 Å². The smallest absolute Gasteiger partial charge is 0.258 e. The summed E-state index contributed by atoms with van der Waals surface area (Å²) in [6.07, 6.45) is 1.01. The Bertz CT molecular complexity index is 1200. The zero-order chi connectivity index (χ0) is 24.8. The first-order valence-corrected chi connectivity index (χ1v) is 12.0. The number of anilines is 2. The Morgan fingerprint density at radius 1 is 0.914 bits per heavy atom. The van der Waals surface area contributed by atoms with Crippen LogP contribution >= 0.6 is 0 Å². The average molecular weight is 472 g/mol. The van der Waals surface area contributed by atoms with Gasteiger partial charge in [-0.05, 0) is 48.8 Å². The zero-order valence-corrected chi connectivity index (χ0v) is 20.9. The van der Waals surface area contributed by atoms with E-state index in [2.05, 4.69) is 53.6 Å². The standard InChI is InChI=1S/C29H33N3O3/c1-5-32(6-2)17-16-20-12-14-22(15-13-20)30-28(21-10-8-7-9-11-21)27-23-18-25(34-3)26(35-4)19-24(23)31-29(27)33/h7-15,18-19,30H,5-6,16-17H2,1-4H3,(H,31,33)/b28-27-. The summed E-state index contributed by atoms with van der Waals surface area (Å²) >= 11 is 0. The predicted octanol–water partition coefficient (Wildman–Crippen LogP) is 5.52. The highest BCUT2D eigenvalue weighted by Crippen LogP contribution is 2.43. The van der Waals surface area contributed by atoms with Crippen molar-refractivity contribution in [1.29, 1.82) is 0 Å². The number of rotatable bonds is 10. The molecule has 1 aliphatic heterocycles. The van der Waals surface area contributed by atoms with E-state index in [1.54, 1.807) is 20.3 Å². The highest BCUT2D eigenvalue weighted by molar-refractivity contribution is 6.37. The van der Waals surface area contributed by atoms with Crippen LogP contribution in [0.15, 0.2) is 66.7 Å². The zero-order valence-electron chi connectivity index (χ0n) is 20.9. The first kappa shape index (κ1) is 24.4. The molecule has 0 aromatic heterocycles. The van der Waals surface area contributed by atoms with Crippen LogP contribution in [0.25, 0.3) is 11.3 Å². The summed E-state index contributed by atoms with van der Waals surface area (Å²) in [5, 5.41) is 6.51. The molecule has 0 bridgehead atoms. The van der Waals surface area contributed by atoms with Crippen molar-refractivity contribution in [2.75, 3.05) is 44.5 Å². The number of fused-ring (bicyclic) bond motifs is 1. The van der Waals surface area contributed by atoms with Gasteiger partial charge in [0.15, 0.2) is 11.5 Å². The van der Waals surface area contributed by atoms with Crippen molar-refractivity contribution >= 4 is 28.6 Å². The van der Waals surface area contributed by atoms with Crippen molar-refractivity contribution in [3.05, 3.63) is 83.4 Å². The number of amides is 1. The van der Waals surface area contributed by atoms with Crippen molar-refractivity contribution in [3.63, 3.8) is 0 Å². The summed E-state index contributed by atoms with van der Waals surface area (Å²) in [4.78, 5) is 15.6. The van der Waals surface area contributed by atoms with Crippen LogP contribution in [0.3, 0.4) is 0 Å². The van der Waals surface area contributed by atoms with Crippen LogP contribution in [-0.4, -0.2) is 44.7 Å². The molecule has 3 aromatic carbocycles. The normalized spacial score (nSPS) is 13.9. The van der Waals surface area contributed by atoms with Gasteiger partial charge in [-0.3, -0.25) is 4.79 Å². The fourth-order valence-corrected chi connectivity index (χ4v) is 4.35. The summed E-state index contributed by atoms with van der Waals surface area (Å²) in [5.74, 6) is 0.977. The molecule has 1 heterocycles. The van der Waals surface area contributed by atoms with E-state index in [-0.39, 0.29) is 5.91 Å². The molecule has 0 fully saturated rings. The first-order chi connectivity index (χ1) is 17.1. The minimum absolute atomic E-state index is 0.169. The molecule has 0 saturated carbocycles. The lowest BCUT2D eigenvalue weighted by Crippen LogP contribution is -2.25. The van der Waals surface area contributed by atoms with Gasteiger partial charge in [0.1, 0.15) is 0 Å². The van der Waals surface area contributed by atoms with E-state index in [9.17, 15) is 4.79 Å². The quantitative estimate of drug-likeness (QED) is 0.381. The molecule has 2 N–H and O–H groups in total. The van der Waals surface area contributed by atoms with Gasteiger partial charge in [0.05, 0.1) is 31.2 Å². The maximum absolute atomic E-state index is 13.2. The number of likely N-dealkylation sites (N-methyl/N-ethyl adjacent to an activating group) is 1. The molecule has 4 rings (SSSR count). The van der Waals surface area contributed by atoms with Crippen LogP contribution in [0.5, 0.6) is 11.5 Å². The van der Waals surface area contributed by atoms with Gasteiger partial charge in [-0.15, -0.1) is 0 Å². The minimum Gasteiger partial charge on any atom is -0.493 e. The molecule has 0 atom stereocenters. The Kier molecular flexibility index (Phi) is 7.73. The van der Waals surface area contributed by atoms with Gasteiger partial charge in [0.25, 0.3) is 5.91 Å². The Labute approximate surface area is 207 Å². The third-order valence-corrected chi connectivity index (χ3v) is 6.42. The summed E-state index contributed by atoms with van der Waals surface area (Å²) < 4.78 is 10.9. The van der Waals surface area contributed by atoms with Crippen molar-refractivity contribution < 1.29 is 14.3 Å². The summed E-state index contributed by atoms with van der Waals surface area (Å²) in [7, 11) is 3.18. The number of ether oxygens (including phenoxy) is 2. The number of hydrogen-bond donors (Lipinski definition) is 2. The molecule has 6 heteroatoms. The molecule has 1 amide bonds. The lowest BCUT2D eigenvalue weighted by Gasteiger charge is -2.18. The van der Waals surface area contributed by atoms with Gasteiger partial charge in [0.2, 0.25) is 0 Å².